The maximum Gasteiger partial charge on any atom is 0.350 e. The molecule has 3 aromatic rings. The summed E-state index contributed by atoms with van der Waals surface area (Å²) in [5.41, 5.74) is 3.49. The molecular formula is C33H44N4O8S2. The molecule has 256 valence electrons. The maximum absolute atomic E-state index is 14.0. The van der Waals surface area contributed by atoms with Gasteiger partial charge in [-0.15, -0.1) is 22.7 Å². The molecule has 1 aliphatic rings. The number of rotatable bonds is 14. The zero-order chi connectivity index (χ0) is 34.2. The SMILES string of the molecule is CNC[C@H](O)[C@@H](OC(=O)c1sc(-c2ccc(NC(=O)c3cscn3)cc2)cc1N(C(=O)C1CCC(C)CC1)C(C)C)[C@H](O)[C@H](O)CO. The van der Waals surface area contributed by atoms with Gasteiger partial charge in [0.2, 0.25) is 5.91 Å². The van der Waals surface area contributed by atoms with Crippen molar-refractivity contribution in [1.82, 2.24) is 10.3 Å². The molecule has 0 radical (unpaired) electrons. The van der Waals surface area contributed by atoms with Crippen LogP contribution in [0, 0.1) is 11.8 Å². The van der Waals surface area contributed by atoms with Crippen LogP contribution in [0.2, 0.25) is 0 Å². The standard InChI is InChI=1S/C33H44N4O8S2/c1-18(2)37(32(43)21-7-5-19(3)6-8-21)24-13-27(20-9-11-22(12-10-20)36-31(42)23-16-46-17-35-23)47-30(24)33(44)45-29(25(39)14-34-4)28(41)26(40)15-38/h9-13,16-19,21,25-26,28-29,34,38-41H,5-8,14-15H2,1-4H3,(H,36,42)/t19?,21?,25-,26+,28+,29+/m0/s1. The number of anilines is 2. The average molecular weight is 689 g/mol. The first kappa shape index (κ1) is 36.6. The zero-order valence-electron chi connectivity index (χ0n) is 27.0. The highest BCUT2D eigenvalue weighted by molar-refractivity contribution is 7.18. The van der Waals surface area contributed by atoms with E-state index in [-0.39, 0.29) is 35.2 Å². The van der Waals surface area contributed by atoms with Crippen molar-refractivity contribution in [1.29, 1.82) is 0 Å². The first-order valence-corrected chi connectivity index (χ1v) is 17.5. The Morgan fingerprint density at radius 2 is 1.74 bits per heavy atom. The van der Waals surface area contributed by atoms with E-state index in [1.807, 2.05) is 13.8 Å². The summed E-state index contributed by atoms with van der Waals surface area (Å²) < 4.78 is 5.66. The van der Waals surface area contributed by atoms with Crippen molar-refractivity contribution in [2.45, 2.75) is 76.9 Å². The minimum Gasteiger partial charge on any atom is -0.452 e. The van der Waals surface area contributed by atoms with E-state index in [2.05, 4.69) is 22.5 Å². The van der Waals surface area contributed by atoms with E-state index in [0.717, 1.165) is 37.0 Å². The van der Waals surface area contributed by atoms with Crippen LogP contribution in [0.25, 0.3) is 10.4 Å². The van der Waals surface area contributed by atoms with Crippen molar-refractivity contribution in [2.24, 2.45) is 11.8 Å². The molecule has 1 aliphatic carbocycles. The number of likely N-dealkylation sites (N-methyl/N-ethyl adjacent to an activating group) is 1. The Kier molecular flexibility index (Phi) is 13.0. The smallest absolute Gasteiger partial charge is 0.350 e. The highest BCUT2D eigenvalue weighted by Crippen LogP contribution is 2.41. The number of thiazole rings is 1. The first-order chi connectivity index (χ1) is 22.4. The topological polar surface area (TPSA) is 182 Å². The normalized spacial score (nSPS) is 19.1. The van der Waals surface area contributed by atoms with Gasteiger partial charge in [-0.3, -0.25) is 9.59 Å². The number of benzene rings is 1. The fourth-order valence-electron chi connectivity index (χ4n) is 5.65. The lowest BCUT2D eigenvalue weighted by atomic mass is 9.82. The van der Waals surface area contributed by atoms with Crippen LogP contribution in [-0.4, -0.2) is 93.9 Å². The van der Waals surface area contributed by atoms with Gasteiger partial charge in [0.15, 0.2) is 6.10 Å². The number of carbonyl (C=O) groups excluding carboxylic acids is 3. The summed E-state index contributed by atoms with van der Waals surface area (Å²) >= 11 is 2.41. The van der Waals surface area contributed by atoms with Gasteiger partial charge in [-0.25, -0.2) is 9.78 Å². The second-order valence-corrected chi connectivity index (χ2v) is 14.0. The Morgan fingerprint density at radius 1 is 1.06 bits per heavy atom. The number of aliphatic hydroxyl groups excluding tert-OH is 4. The largest absolute Gasteiger partial charge is 0.452 e. The van der Waals surface area contributed by atoms with Crippen molar-refractivity contribution in [3.05, 3.63) is 51.8 Å². The number of thiophene rings is 1. The summed E-state index contributed by atoms with van der Waals surface area (Å²) in [5, 5.41) is 48.1. The number of amides is 2. The van der Waals surface area contributed by atoms with Gasteiger partial charge in [0.1, 0.15) is 28.9 Å². The molecule has 1 aromatic carbocycles. The molecule has 1 saturated carbocycles. The number of hydrogen-bond acceptors (Lipinski definition) is 12. The molecule has 12 nitrogen and oxygen atoms in total. The fourth-order valence-corrected chi connectivity index (χ4v) is 7.22. The molecule has 14 heteroatoms. The van der Waals surface area contributed by atoms with Gasteiger partial charge in [0.25, 0.3) is 5.91 Å². The lowest BCUT2D eigenvalue weighted by Gasteiger charge is -2.34. The van der Waals surface area contributed by atoms with Gasteiger partial charge in [0.05, 0.1) is 17.8 Å². The third kappa shape index (κ3) is 9.02. The van der Waals surface area contributed by atoms with Crippen LogP contribution in [0.15, 0.2) is 41.2 Å². The van der Waals surface area contributed by atoms with Gasteiger partial charge in [-0.1, -0.05) is 19.1 Å². The summed E-state index contributed by atoms with van der Waals surface area (Å²) in [6, 6.07) is 8.46. The Morgan fingerprint density at radius 3 is 2.32 bits per heavy atom. The van der Waals surface area contributed by atoms with E-state index < -0.39 is 37.0 Å². The monoisotopic (exact) mass is 688 g/mol. The molecule has 1 fully saturated rings. The molecular weight excluding hydrogens is 645 g/mol. The first-order valence-electron chi connectivity index (χ1n) is 15.7. The fraction of sp³-hybridized carbons (Fsp3) is 0.515. The predicted molar refractivity (Wildman–Crippen MR) is 182 cm³/mol. The van der Waals surface area contributed by atoms with Crippen LogP contribution in [0.4, 0.5) is 11.4 Å². The molecule has 2 aromatic heterocycles. The molecule has 0 aliphatic heterocycles. The predicted octanol–water partition coefficient (Wildman–Crippen LogP) is 3.51. The number of nitrogens with one attached hydrogen (secondary N) is 2. The number of nitrogens with zero attached hydrogens (tertiary/aromatic N) is 2. The van der Waals surface area contributed by atoms with E-state index in [1.54, 1.807) is 53.2 Å². The maximum atomic E-state index is 14.0. The van der Waals surface area contributed by atoms with Gasteiger partial charge in [0, 0.05) is 34.4 Å². The number of aromatic nitrogens is 1. The molecule has 2 amide bonds. The number of esters is 1. The van der Waals surface area contributed by atoms with Crippen molar-refractivity contribution < 1.29 is 39.5 Å². The molecule has 0 saturated heterocycles. The minimum atomic E-state index is -1.78. The van der Waals surface area contributed by atoms with Gasteiger partial charge in [-0.05, 0) is 76.3 Å². The van der Waals surface area contributed by atoms with Crippen LogP contribution < -0.4 is 15.5 Å². The van der Waals surface area contributed by atoms with Crippen LogP contribution in [0.1, 0.15) is 66.6 Å². The van der Waals surface area contributed by atoms with Crippen molar-refractivity contribution >= 4 is 51.8 Å². The molecule has 0 unspecified atom stereocenters. The van der Waals surface area contributed by atoms with Crippen LogP contribution >= 0.6 is 22.7 Å². The number of carbonyl (C=O) groups is 3. The van der Waals surface area contributed by atoms with Crippen molar-refractivity contribution in [3.8, 4) is 10.4 Å². The van der Waals surface area contributed by atoms with Gasteiger partial charge < -0.3 is 40.7 Å². The molecule has 47 heavy (non-hydrogen) atoms. The van der Waals surface area contributed by atoms with E-state index in [4.69, 9.17) is 4.74 Å². The van der Waals surface area contributed by atoms with Crippen molar-refractivity contribution in [3.63, 3.8) is 0 Å². The van der Waals surface area contributed by atoms with Gasteiger partial charge >= 0.3 is 5.97 Å². The summed E-state index contributed by atoms with van der Waals surface area (Å²) in [5.74, 6) is -0.987. The highest BCUT2D eigenvalue weighted by atomic mass is 32.1. The number of ether oxygens (including phenoxy) is 1. The third-order valence-electron chi connectivity index (χ3n) is 8.32. The molecule has 0 spiro atoms. The number of aliphatic hydroxyl groups is 4. The zero-order valence-corrected chi connectivity index (χ0v) is 28.6. The quantitative estimate of drug-likeness (QED) is 0.137. The summed E-state index contributed by atoms with van der Waals surface area (Å²) in [7, 11) is 1.56. The van der Waals surface area contributed by atoms with Crippen LogP contribution in [-0.2, 0) is 9.53 Å². The summed E-state index contributed by atoms with van der Waals surface area (Å²) in [4.78, 5) is 46.8. The Hall–Kier alpha value is -3.24. The van der Waals surface area contributed by atoms with E-state index >= 15 is 0 Å². The molecule has 2 heterocycles. The number of hydrogen-bond donors (Lipinski definition) is 6. The van der Waals surface area contributed by atoms with E-state index in [9.17, 15) is 34.8 Å². The highest BCUT2D eigenvalue weighted by Gasteiger charge is 2.38. The Balaban J connectivity index is 1.71. The Labute approximate surface area is 282 Å². The average Bonchev–Trinajstić information content (AvgIpc) is 3.75. The van der Waals surface area contributed by atoms with E-state index in [0.29, 0.717) is 33.4 Å². The van der Waals surface area contributed by atoms with E-state index in [1.165, 1.54) is 11.3 Å². The molecule has 6 N–H and O–H groups in total. The summed E-state index contributed by atoms with van der Waals surface area (Å²) in [6.45, 7) is 5.04. The second-order valence-electron chi connectivity index (χ2n) is 12.2. The lowest BCUT2D eigenvalue weighted by Crippen LogP contribution is -2.51. The van der Waals surface area contributed by atoms with Crippen LogP contribution in [0.5, 0.6) is 0 Å². The van der Waals surface area contributed by atoms with Crippen LogP contribution in [0.3, 0.4) is 0 Å². The molecule has 0 bridgehead atoms. The minimum absolute atomic E-state index is 0.0717. The van der Waals surface area contributed by atoms with Crippen molar-refractivity contribution in [2.75, 3.05) is 30.4 Å². The second kappa shape index (κ2) is 16.7. The summed E-state index contributed by atoms with van der Waals surface area (Å²) in [6.07, 6.45) is -3.08. The van der Waals surface area contributed by atoms with Gasteiger partial charge in [-0.2, -0.15) is 0 Å². The molecule has 4 rings (SSSR count). The third-order valence-corrected chi connectivity index (χ3v) is 10.1. The Bertz CT molecular complexity index is 1470. The lowest BCUT2D eigenvalue weighted by molar-refractivity contribution is -0.123. The molecule has 4 atom stereocenters.